The summed E-state index contributed by atoms with van der Waals surface area (Å²) in [6, 6.07) is 15.3. The minimum Gasteiger partial charge on any atom is -0.497 e. The molecule has 0 saturated carbocycles. The first-order chi connectivity index (χ1) is 17.0. The zero-order valence-corrected chi connectivity index (χ0v) is 22.7. The predicted molar refractivity (Wildman–Crippen MR) is 142 cm³/mol. The number of hydrogen-bond acceptors (Lipinski definition) is 5. The van der Waals surface area contributed by atoms with E-state index in [1.54, 1.807) is 49.4 Å². The molecule has 0 heterocycles. The van der Waals surface area contributed by atoms with Crippen molar-refractivity contribution in [2.45, 2.75) is 45.6 Å². The Bertz CT molecular complexity index is 1350. The summed E-state index contributed by atoms with van der Waals surface area (Å²) in [5.74, 6) is 0.359. The first-order valence-electron chi connectivity index (χ1n) is 11.7. The predicted octanol–water partition coefficient (Wildman–Crippen LogP) is 5.01. The zero-order valence-electron chi connectivity index (χ0n) is 21.9. The monoisotopic (exact) mass is 510 g/mol. The van der Waals surface area contributed by atoms with Crippen molar-refractivity contribution < 1.29 is 22.7 Å². The second kappa shape index (κ2) is 11.0. The average molecular weight is 511 g/mol. The lowest BCUT2D eigenvalue weighted by Crippen LogP contribution is -2.41. The maximum Gasteiger partial charge on any atom is 0.268 e. The van der Waals surface area contributed by atoms with Gasteiger partial charge in [0.1, 0.15) is 22.9 Å². The Balaban J connectivity index is 1.98. The highest BCUT2D eigenvalue weighted by Crippen LogP contribution is 2.32. The Kier molecular flexibility index (Phi) is 8.30. The molecule has 36 heavy (non-hydrogen) atoms. The number of nitrogens with one attached hydrogen (secondary N) is 1. The van der Waals surface area contributed by atoms with E-state index in [2.05, 4.69) is 17.4 Å². The molecule has 0 bridgehead atoms. The number of rotatable bonds is 9. The molecule has 1 unspecified atom stereocenters. The highest BCUT2D eigenvalue weighted by Gasteiger charge is 2.30. The molecule has 3 aromatic carbocycles. The number of amides is 1. The van der Waals surface area contributed by atoms with Gasteiger partial charge in [0.15, 0.2) is 0 Å². The number of benzene rings is 3. The van der Waals surface area contributed by atoms with Gasteiger partial charge in [0.25, 0.3) is 10.0 Å². The number of nitrogens with zero attached hydrogens (tertiary/aromatic N) is 1. The Hall–Kier alpha value is -3.52. The van der Waals surface area contributed by atoms with Crippen molar-refractivity contribution in [1.82, 2.24) is 5.32 Å². The normalized spacial score (nSPS) is 12.1. The summed E-state index contributed by atoms with van der Waals surface area (Å²) in [5.41, 5.74) is 5.46. The lowest BCUT2D eigenvalue weighted by atomic mass is 9.96. The van der Waals surface area contributed by atoms with E-state index in [0.717, 1.165) is 26.6 Å². The molecule has 1 atom stereocenters. The van der Waals surface area contributed by atoms with E-state index in [0.29, 0.717) is 11.4 Å². The molecule has 3 aromatic rings. The molecule has 1 amide bonds. The van der Waals surface area contributed by atoms with Crippen LogP contribution in [0.3, 0.4) is 0 Å². The SMILES string of the molecule is COc1ccc(N(CC(=O)NC(C)c2cc(C)c(C)cc2C)S(=O)(=O)c2cc(C)ccc2OC)cc1. The molecule has 0 aliphatic heterocycles. The summed E-state index contributed by atoms with van der Waals surface area (Å²) < 4.78 is 39.4. The zero-order chi connectivity index (χ0) is 26.6. The highest BCUT2D eigenvalue weighted by atomic mass is 32.2. The van der Waals surface area contributed by atoms with Gasteiger partial charge in [0, 0.05) is 0 Å². The van der Waals surface area contributed by atoms with Gasteiger partial charge in [0.05, 0.1) is 25.9 Å². The van der Waals surface area contributed by atoms with E-state index in [1.807, 2.05) is 27.7 Å². The topological polar surface area (TPSA) is 84.9 Å². The standard InChI is InChI=1S/C28H34N2O5S/c1-18-8-13-26(35-7)27(14-18)36(32,33)30(23-9-11-24(34-6)12-10-23)17-28(31)29-22(5)25-16-20(3)19(2)15-21(25)4/h8-16,22H,17H2,1-7H3,(H,29,31). The van der Waals surface area contributed by atoms with E-state index in [4.69, 9.17) is 9.47 Å². The Morgan fingerprint density at radius 3 is 2.14 bits per heavy atom. The Labute approximate surface area is 214 Å². The maximum absolute atomic E-state index is 13.9. The lowest BCUT2D eigenvalue weighted by molar-refractivity contribution is -0.120. The maximum atomic E-state index is 13.9. The number of methoxy groups -OCH3 is 2. The average Bonchev–Trinajstić information content (AvgIpc) is 2.84. The van der Waals surface area contributed by atoms with Crippen LogP contribution in [-0.4, -0.2) is 35.1 Å². The summed E-state index contributed by atoms with van der Waals surface area (Å²) in [6.45, 7) is 9.37. The number of carbonyl (C=O) groups is 1. The minimum atomic E-state index is -4.15. The molecule has 0 aliphatic rings. The summed E-state index contributed by atoms with van der Waals surface area (Å²) >= 11 is 0. The van der Waals surface area contributed by atoms with Crippen molar-refractivity contribution in [3.05, 3.63) is 82.4 Å². The highest BCUT2D eigenvalue weighted by molar-refractivity contribution is 7.93. The first kappa shape index (κ1) is 27.1. The van der Waals surface area contributed by atoms with Crippen LogP contribution in [0, 0.1) is 27.7 Å². The van der Waals surface area contributed by atoms with Gasteiger partial charge in [-0.05, 0) is 98.8 Å². The summed E-state index contributed by atoms with van der Waals surface area (Å²) in [4.78, 5) is 13.2. The van der Waals surface area contributed by atoms with Crippen LogP contribution >= 0.6 is 0 Å². The summed E-state index contributed by atoms with van der Waals surface area (Å²) in [6.07, 6.45) is 0. The van der Waals surface area contributed by atoms with Gasteiger partial charge in [-0.3, -0.25) is 9.10 Å². The largest absolute Gasteiger partial charge is 0.497 e. The molecule has 192 valence electrons. The van der Waals surface area contributed by atoms with Gasteiger partial charge >= 0.3 is 0 Å². The van der Waals surface area contributed by atoms with Crippen LogP contribution in [-0.2, 0) is 14.8 Å². The molecule has 0 aromatic heterocycles. The fraction of sp³-hybridized carbons (Fsp3) is 0.321. The molecule has 0 radical (unpaired) electrons. The third kappa shape index (κ3) is 5.82. The first-order valence-corrected chi connectivity index (χ1v) is 13.1. The second-order valence-corrected chi connectivity index (χ2v) is 10.8. The molecule has 0 saturated heterocycles. The van der Waals surface area contributed by atoms with Gasteiger partial charge in [-0.25, -0.2) is 8.42 Å². The third-order valence-electron chi connectivity index (χ3n) is 6.26. The Morgan fingerprint density at radius 1 is 0.889 bits per heavy atom. The van der Waals surface area contributed by atoms with Crippen molar-refractivity contribution >= 4 is 21.6 Å². The number of ether oxygens (including phenoxy) is 2. The number of carbonyl (C=O) groups excluding carboxylic acids is 1. The number of anilines is 1. The molecule has 0 aliphatic carbocycles. The van der Waals surface area contributed by atoms with Gasteiger partial charge in [-0.2, -0.15) is 0 Å². The van der Waals surface area contributed by atoms with Gasteiger partial charge in [0.2, 0.25) is 5.91 Å². The molecule has 3 rings (SSSR count). The quantitative estimate of drug-likeness (QED) is 0.437. The van der Waals surface area contributed by atoms with Crippen LogP contribution in [0.1, 0.15) is 40.8 Å². The van der Waals surface area contributed by atoms with Crippen molar-refractivity contribution in [1.29, 1.82) is 0 Å². The third-order valence-corrected chi connectivity index (χ3v) is 8.06. The van der Waals surface area contributed by atoms with Crippen molar-refractivity contribution in [2.24, 2.45) is 0 Å². The fourth-order valence-electron chi connectivity index (χ4n) is 4.11. The second-order valence-electron chi connectivity index (χ2n) is 8.95. The van der Waals surface area contributed by atoms with Crippen LogP contribution in [0.2, 0.25) is 0 Å². The number of aryl methyl sites for hydroxylation is 4. The van der Waals surface area contributed by atoms with Crippen molar-refractivity contribution in [3.8, 4) is 11.5 Å². The molecule has 0 fully saturated rings. The van der Waals surface area contributed by atoms with Crippen LogP contribution in [0.15, 0.2) is 59.5 Å². The molecule has 8 heteroatoms. The van der Waals surface area contributed by atoms with E-state index in [-0.39, 0.29) is 16.7 Å². The van der Waals surface area contributed by atoms with E-state index in [1.165, 1.54) is 19.8 Å². The van der Waals surface area contributed by atoms with Crippen LogP contribution in [0.5, 0.6) is 11.5 Å². The summed E-state index contributed by atoms with van der Waals surface area (Å²) in [5, 5.41) is 2.97. The Morgan fingerprint density at radius 2 is 1.53 bits per heavy atom. The van der Waals surface area contributed by atoms with Crippen LogP contribution in [0.4, 0.5) is 5.69 Å². The number of sulfonamides is 1. The van der Waals surface area contributed by atoms with Crippen molar-refractivity contribution in [3.63, 3.8) is 0 Å². The molecule has 0 spiro atoms. The molecule has 1 N–H and O–H groups in total. The van der Waals surface area contributed by atoms with Crippen LogP contribution < -0.4 is 19.1 Å². The van der Waals surface area contributed by atoms with Crippen molar-refractivity contribution in [2.75, 3.05) is 25.1 Å². The van der Waals surface area contributed by atoms with E-state index < -0.39 is 22.5 Å². The van der Waals surface area contributed by atoms with E-state index >= 15 is 0 Å². The van der Waals surface area contributed by atoms with Gasteiger partial charge in [-0.15, -0.1) is 0 Å². The molecular formula is C28H34N2O5S. The summed E-state index contributed by atoms with van der Waals surface area (Å²) in [7, 11) is -1.20. The van der Waals surface area contributed by atoms with Crippen LogP contribution in [0.25, 0.3) is 0 Å². The fourth-order valence-corrected chi connectivity index (χ4v) is 5.78. The smallest absolute Gasteiger partial charge is 0.268 e. The van der Waals surface area contributed by atoms with E-state index in [9.17, 15) is 13.2 Å². The molecular weight excluding hydrogens is 476 g/mol. The lowest BCUT2D eigenvalue weighted by Gasteiger charge is -2.26. The van der Waals surface area contributed by atoms with Gasteiger partial charge in [-0.1, -0.05) is 18.2 Å². The van der Waals surface area contributed by atoms with Gasteiger partial charge < -0.3 is 14.8 Å². The minimum absolute atomic E-state index is 0.00771. The molecule has 7 nitrogen and oxygen atoms in total. The number of hydrogen-bond donors (Lipinski definition) is 1.